The Bertz CT molecular complexity index is 728. The van der Waals surface area contributed by atoms with Crippen molar-refractivity contribution in [2.45, 2.75) is 39.2 Å². The van der Waals surface area contributed by atoms with Crippen molar-refractivity contribution in [2.75, 3.05) is 31.6 Å². The molecule has 1 saturated heterocycles. The molecule has 0 saturated carbocycles. The van der Waals surface area contributed by atoms with Gasteiger partial charge in [-0.25, -0.2) is 4.98 Å². The van der Waals surface area contributed by atoms with E-state index in [4.69, 9.17) is 0 Å². The number of benzene rings is 1. The van der Waals surface area contributed by atoms with Crippen LogP contribution in [0.1, 0.15) is 28.8 Å². The van der Waals surface area contributed by atoms with Crippen molar-refractivity contribution in [1.29, 1.82) is 0 Å². The molecule has 0 amide bonds. The standard InChI is InChI=1S/C20H29N5S.HI/c1-4-18-13-23-19(26-18)9-11-22-20(21-3)24-16-10-12-25(14-16)17-7-5-15(2)6-8-17;/h5-8,13,16H,4,9-12,14H2,1-3H3,(H2,21,22,24);1H. The van der Waals surface area contributed by atoms with Crippen molar-refractivity contribution in [3.63, 3.8) is 0 Å². The number of aromatic nitrogens is 1. The summed E-state index contributed by atoms with van der Waals surface area (Å²) < 4.78 is 0. The first-order chi connectivity index (χ1) is 12.7. The van der Waals surface area contributed by atoms with Crippen LogP contribution in [0, 0.1) is 6.92 Å². The number of aryl methyl sites for hydroxylation is 2. The summed E-state index contributed by atoms with van der Waals surface area (Å²) in [6.07, 6.45) is 5.12. The Balaban J connectivity index is 0.00000261. The Morgan fingerprint density at radius 1 is 1.33 bits per heavy atom. The molecule has 0 aliphatic carbocycles. The average molecular weight is 499 g/mol. The molecule has 0 spiro atoms. The molecule has 1 atom stereocenters. The second-order valence-corrected chi connectivity index (χ2v) is 7.93. The van der Waals surface area contributed by atoms with Gasteiger partial charge in [0.25, 0.3) is 0 Å². The molecule has 5 nitrogen and oxygen atoms in total. The number of anilines is 1. The number of nitrogens with one attached hydrogen (secondary N) is 2. The normalized spacial score (nSPS) is 16.9. The second-order valence-electron chi connectivity index (χ2n) is 6.73. The SMILES string of the molecule is CCc1cnc(CCNC(=NC)NC2CCN(c3ccc(C)cc3)C2)s1.I. The fourth-order valence-electron chi connectivity index (χ4n) is 3.17. The van der Waals surface area contributed by atoms with Gasteiger partial charge in [0.15, 0.2) is 5.96 Å². The number of guanidine groups is 1. The zero-order valence-electron chi connectivity index (χ0n) is 16.4. The maximum atomic E-state index is 4.47. The minimum absolute atomic E-state index is 0. The van der Waals surface area contributed by atoms with Crippen LogP contribution in [0.15, 0.2) is 35.5 Å². The van der Waals surface area contributed by atoms with Gasteiger partial charge in [-0.3, -0.25) is 4.99 Å². The lowest BCUT2D eigenvalue weighted by Crippen LogP contribution is -2.45. The molecular weight excluding hydrogens is 469 g/mol. The zero-order valence-corrected chi connectivity index (χ0v) is 19.5. The number of hydrogen-bond acceptors (Lipinski definition) is 4. The van der Waals surface area contributed by atoms with E-state index in [2.05, 4.69) is 63.6 Å². The number of halogens is 1. The number of thiazole rings is 1. The van der Waals surface area contributed by atoms with Crippen molar-refractivity contribution in [3.05, 3.63) is 45.9 Å². The van der Waals surface area contributed by atoms with Crippen molar-refractivity contribution < 1.29 is 0 Å². The van der Waals surface area contributed by atoms with Crippen LogP contribution in [-0.2, 0) is 12.8 Å². The van der Waals surface area contributed by atoms with Gasteiger partial charge in [0.1, 0.15) is 0 Å². The molecule has 0 radical (unpaired) electrons. The van der Waals surface area contributed by atoms with Crippen molar-refractivity contribution in [1.82, 2.24) is 15.6 Å². The maximum Gasteiger partial charge on any atom is 0.191 e. The average Bonchev–Trinajstić information content (AvgIpc) is 3.31. The Morgan fingerprint density at radius 2 is 2.11 bits per heavy atom. The van der Waals surface area contributed by atoms with E-state index in [0.29, 0.717) is 6.04 Å². The van der Waals surface area contributed by atoms with E-state index in [1.54, 1.807) is 11.3 Å². The molecule has 1 aliphatic rings. The first kappa shape index (κ1) is 21.9. The Kier molecular flexibility index (Phi) is 8.82. The minimum atomic E-state index is 0. The van der Waals surface area contributed by atoms with Crippen molar-refractivity contribution in [3.8, 4) is 0 Å². The predicted octanol–water partition coefficient (Wildman–Crippen LogP) is 3.62. The molecule has 1 fully saturated rings. The van der Waals surface area contributed by atoms with Gasteiger partial charge >= 0.3 is 0 Å². The molecule has 1 aliphatic heterocycles. The number of aliphatic imine (C=N–C) groups is 1. The van der Waals surface area contributed by atoms with E-state index in [-0.39, 0.29) is 24.0 Å². The molecule has 148 valence electrons. The van der Waals surface area contributed by atoms with Crippen molar-refractivity contribution in [2.24, 2.45) is 4.99 Å². The summed E-state index contributed by atoms with van der Waals surface area (Å²) in [5.74, 6) is 0.882. The third-order valence-electron chi connectivity index (χ3n) is 4.73. The van der Waals surface area contributed by atoms with Crippen LogP contribution in [0.3, 0.4) is 0 Å². The topological polar surface area (TPSA) is 52.6 Å². The molecule has 2 heterocycles. The Morgan fingerprint density at radius 3 is 2.78 bits per heavy atom. The first-order valence-corrected chi connectivity index (χ1v) is 10.2. The Labute approximate surface area is 183 Å². The van der Waals surface area contributed by atoms with E-state index >= 15 is 0 Å². The van der Waals surface area contributed by atoms with Gasteiger partial charge in [0, 0.05) is 55.9 Å². The van der Waals surface area contributed by atoms with Crippen LogP contribution in [0.5, 0.6) is 0 Å². The van der Waals surface area contributed by atoms with E-state index < -0.39 is 0 Å². The molecular formula is C20H30IN5S. The summed E-state index contributed by atoms with van der Waals surface area (Å²) in [4.78, 5) is 12.6. The van der Waals surface area contributed by atoms with E-state index in [9.17, 15) is 0 Å². The van der Waals surface area contributed by atoms with Crippen LogP contribution in [0.4, 0.5) is 5.69 Å². The van der Waals surface area contributed by atoms with E-state index in [1.165, 1.54) is 21.1 Å². The summed E-state index contributed by atoms with van der Waals surface area (Å²) >= 11 is 1.81. The summed E-state index contributed by atoms with van der Waals surface area (Å²) in [5.41, 5.74) is 2.61. The smallest absolute Gasteiger partial charge is 0.191 e. The molecule has 7 heteroatoms. The third-order valence-corrected chi connectivity index (χ3v) is 5.93. The lowest BCUT2D eigenvalue weighted by Gasteiger charge is -2.20. The number of nitrogens with zero attached hydrogens (tertiary/aromatic N) is 3. The molecule has 1 aromatic heterocycles. The number of rotatable bonds is 6. The quantitative estimate of drug-likeness (QED) is 0.362. The van der Waals surface area contributed by atoms with Gasteiger partial charge in [0.2, 0.25) is 0 Å². The minimum Gasteiger partial charge on any atom is -0.369 e. The van der Waals surface area contributed by atoms with Gasteiger partial charge in [-0.05, 0) is 31.9 Å². The lowest BCUT2D eigenvalue weighted by atomic mass is 10.2. The fraction of sp³-hybridized carbons (Fsp3) is 0.500. The molecule has 3 rings (SSSR count). The second kappa shape index (κ2) is 10.8. The first-order valence-electron chi connectivity index (χ1n) is 9.40. The fourth-order valence-corrected chi connectivity index (χ4v) is 4.03. The molecule has 2 N–H and O–H groups in total. The lowest BCUT2D eigenvalue weighted by molar-refractivity contribution is 0.648. The van der Waals surface area contributed by atoms with Gasteiger partial charge in [-0.15, -0.1) is 35.3 Å². The van der Waals surface area contributed by atoms with Crippen LogP contribution in [0.2, 0.25) is 0 Å². The monoisotopic (exact) mass is 499 g/mol. The van der Waals surface area contributed by atoms with Crippen LogP contribution in [0.25, 0.3) is 0 Å². The van der Waals surface area contributed by atoms with E-state index in [1.807, 2.05) is 13.2 Å². The van der Waals surface area contributed by atoms with Crippen LogP contribution >= 0.6 is 35.3 Å². The van der Waals surface area contributed by atoms with Crippen LogP contribution in [-0.4, -0.2) is 43.7 Å². The summed E-state index contributed by atoms with van der Waals surface area (Å²) in [5, 5.41) is 8.17. The molecule has 1 aromatic carbocycles. The summed E-state index contributed by atoms with van der Waals surface area (Å²) in [6.45, 7) is 7.24. The number of hydrogen-bond donors (Lipinski definition) is 2. The highest BCUT2D eigenvalue weighted by Gasteiger charge is 2.23. The van der Waals surface area contributed by atoms with E-state index in [0.717, 1.165) is 44.9 Å². The van der Waals surface area contributed by atoms with Gasteiger partial charge in [-0.2, -0.15) is 0 Å². The molecule has 27 heavy (non-hydrogen) atoms. The predicted molar refractivity (Wildman–Crippen MR) is 127 cm³/mol. The maximum absolute atomic E-state index is 4.47. The van der Waals surface area contributed by atoms with Gasteiger partial charge < -0.3 is 15.5 Å². The molecule has 2 aromatic rings. The van der Waals surface area contributed by atoms with Crippen molar-refractivity contribution >= 4 is 47.0 Å². The highest BCUT2D eigenvalue weighted by molar-refractivity contribution is 14.0. The molecule has 1 unspecified atom stereocenters. The highest BCUT2D eigenvalue weighted by Crippen LogP contribution is 2.20. The van der Waals surface area contributed by atoms with Gasteiger partial charge in [0.05, 0.1) is 5.01 Å². The third kappa shape index (κ3) is 6.34. The summed E-state index contributed by atoms with van der Waals surface area (Å²) in [6, 6.07) is 9.21. The Hall–Kier alpha value is -1.35. The molecule has 0 bridgehead atoms. The highest BCUT2D eigenvalue weighted by atomic mass is 127. The largest absolute Gasteiger partial charge is 0.369 e. The zero-order chi connectivity index (χ0) is 18.4. The summed E-state index contributed by atoms with van der Waals surface area (Å²) in [7, 11) is 1.83. The van der Waals surface area contributed by atoms with Gasteiger partial charge in [-0.1, -0.05) is 24.6 Å². The van der Waals surface area contributed by atoms with Crippen LogP contribution < -0.4 is 15.5 Å².